The van der Waals surface area contributed by atoms with E-state index in [1.165, 1.54) is 13.2 Å². The van der Waals surface area contributed by atoms with Crippen molar-refractivity contribution in [1.29, 1.82) is 0 Å². The van der Waals surface area contributed by atoms with Gasteiger partial charge in [0, 0.05) is 38.7 Å². The summed E-state index contributed by atoms with van der Waals surface area (Å²) in [5.41, 5.74) is 0.620. The number of methoxy groups -OCH3 is 1. The molecule has 0 N–H and O–H groups in total. The molecule has 1 aliphatic heterocycles. The van der Waals surface area contributed by atoms with Gasteiger partial charge < -0.3 is 19.3 Å². The van der Waals surface area contributed by atoms with Crippen molar-refractivity contribution in [2.45, 2.75) is 12.8 Å². The van der Waals surface area contributed by atoms with Gasteiger partial charge in [0.15, 0.2) is 0 Å². The average molecular weight is 310 g/mol. The number of halogens is 1. The fourth-order valence-electron chi connectivity index (χ4n) is 2.39. The number of nitrogens with zero attached hydrogens (tertiary/aromatic N) is 2. The summed E-state index contributed by atoms with van der Waals surface area (Å²) >= 11 is 0. The number of carbonyl (C=O) groups excluding carboxylic acids is 1. The number of esters is 1. The van der Waals surface area contributed by atoms with Gasteiger partial charge in [0.1, 0.15) is 11.6 Å². The first kappa shape index (κ1) is 16.5. The smallest absolute Gasteiger partial charge is 0.305 e. The predicted molar refractivity (Wildman–Crippen MR) is 82.9 cm³/mol. The van der Waals surface area contributed by atoms with E-state index in [-0.39, 0.29) is 11.8 Å². The monoisotopic (exact) mass is 310 g/mol. The zero-order chi connectivity index (χ0) is 15.9. The van der Waals surface area contributed by atoms with E-state index in [1.807, 2.05) is 0 Å². The fourth-order valence-corrected chi connectivity index (χ4v) is 2.39. The van der Waals surface area contributed by atoms with Crippen LogP contribution >= 0.6 is 0 Å². The Hall–Kier alpha value is -1.82. The number of rotatable bonds is 6. The summed E-state index contributed by atoms with van der Waals surface area (Å²) in [6.07, 6.45) is 0.854. The minimum atomic E-state index is -0.268. The molecule has 1 fully saturated rings. The minimum absolute atomic E-state index is 0.264. The molecule has 0 radical (unpaired) electrons. The Morgan fingerprint density at radius 2 is 2.00 bits per heavy atom. The molecular weight excluding hydrogens is 287 g/mol. The van der Waals surface area contributed by atoms with Crippen LogP contribution in [0.1, 0.15) is 12.8 Å². The number of benzene rings is 1. The zero-order valence-electron chi connectivity index (χ0n) is 13.2. The molecule has 0 aliphatic carbocycles. The van der Waals surface area contributed by atoms with Crippen molar-refractivity contribution >= 4 is 11.7 Å². The van der Waals surface area contributed by atoms with E-state index < -0.39 is 0 Å². The number of hydrogen-bond donors (Lipinski definition) is 0. The first-order valence-corrected chi connectivity index (χ1v) is 7.53. The fraction of sp³-hybridized carbons (Fsp3) is 0.562. The Bertz CT molecular complexity index is 502. The van der Waals surface area contributed by atoms with Crippen LogP contribution < -0.4 is 9.64 Å². The maximum atomic E-state index is 14.2. The predicted octanol–water partition coefficient (Wildman–Crippen LogP) is 1.91. The van der Waals surface area contributed by atoms with Gasteiger partial charge in [0.2, 0.25) is 0 Å². The molecular formula is C16H23FN2O3. The first-order valence-electron chi connectivity index (χ1n) is 7.53. The molecule has 0 saturated carbocycles. The van der Waals surface area contributed by atoms with Crippen molar-refractivity contribution in [2.75, 3.05) is 51.8 Å². The van der Waals surface area contributed by atoms with E-state index in [0.29, 0.717) is 30.9 Å². The summed E-state index contributed by atoms with van der Waals surface area (Å²) in [6.45, 7) is 3.89. The molecule has 0 unspecified atom stereocenters. The lowest BCUT2D eigenvalue weighted by Gasteiger charge is -2.34. The molecule has 0 spiro atoms. The van der Waals surface area contributed by atoms with Gasteiger partial charge in [-0.2, -0.15) is 0 Å². The van der Waals surface area contributed by atoms with Crippen LogP contribution in [-0.2, 0) is 9.53 Å². The molecule has 1 aromatic carbocycles. The highest BCUT2D eigenvalue weighted by Gasteiger charge is 2.17. The van der Waals surface area contributed by atoms with E-state index in [2.05, 4.69) is 21.6 Å². The highest BCUT2D eigenvalue weighted by Crippen LogP contribution is 2.25. The normalized spacial score (nSPS) is 15.7. The molecule has 1 aromatic rings. The Labute approximate surface area is 130 Å². The second kappa shape index (κ2) is 7.98. The lowest BCUT2D eigenvalue weighted by Crippen LogP contribution is -2.44. The Morgan fingerprint density at radius 3 is 2.64 bits per heavy atom. The van der Waals surface area contributed by atoms with Crippen LogP contribution in [0.4, 0.5) is 10.1 Å². The van der Waals surface area contributed by atoms with Crippen molar-refractivity contribution in [3.63, 3.8) is 0 Å². The van der Waals surface area contributed by atoms with E-state index in [9.17, 15) is 9.18 Å². The second-order valence-corrected chi connectivity index (χ2v) is 5.43. The number of piperazine rings is 1. The summed E-state index contributed by atoms with van der Waals surface area (Å²) in [6, 6.07) is 4.94. The second-order valence-electron chi connectivity index (χ2n) is 5.43. The van der Waals surface area contributed by atoms with E-state index in [4.69, 9.17) is 4.74 Å². The van der Waals surface area contributed by atoms with Crippen LogP contribution in [0, 0.1) is 5.82 Å². The summed E-state index contributed by atoms with van der Waals surface area (Å²) in [5.74, 6) is -0.0459. The van der Waals surface area contributed by atoms with Crippen LogP contribution in [0.2, 0.25) is 0 Å². The van der Waals surface area contributed by atoms with Crippen LogP contribution in [0.3, 0.4) is 0 Å². The number of carbonyl (C=O) groups is 1. The van der Waals surface area contributed by atoms with Gasteiger partial charge in [0.25, 0.3) is 0 Å². The van der Waals surface area contributed by atoms with Crippen molar-refractivity contribution in [3.8, 4) is 5.75 Å². The molecule has 2 rings (SSSR count). The minimum Gasteiger partial charge on any atom is -0.493 e. The van der Waals surface area contributed by atoms with E-state index in [0.717, 1.165) is 26.2 Å². The molecule has 122 valence electrons. The SMILES string of the molecule is COC(=O)CCCOc1ccc(N2CCN(C)CC2)c(F)c1. The van der Waals surface area contributed by atoms with Gasteiger partial charge in [-0.25, -0.2) is 4.39 Å². The lowest BCUT2D eigenvalue weighted by atomic mass is 10.2. The highest BCUT2D eigenvalue weighted by atomic mass is 19.1. The first-order chi connectivity index (χ1) is 10.6. The molecule has 0 aromatic heterocycles. The van der Waals surface area contributed by atoms with Crippen LogP contribution in [0.15, 0.2) is 18.2 Å². The molecule has 6 heteroatoms. The molecule has 5 nitrogen and oxygen atoms in total. The Kier molecular flexibility index (Phi) is 6.00. The summed E-state index contributed by atoms with van der Waals surface area (Å²) in [5, 5.41) is 0. The maximum Gasteiger partial charge on any atom is 0.305 e. The van der Waals surface area contributed by atoms with Gasteiger partial charge in [-0.05, 0) is 25.6 Å². The Morgan fingerprint density at radius 1 is 1.27 bits per heavy atom. The molecule has 22 heavy (non-hydrogen) atoms. The third-order valence-corrected chi connectivity index (χ3v) is 3.78. The van der Waals surface area contributed by atoms with Crippen molar-refractivity contribution in [1.82, 2.24) is 4.90 Å². The standard InChI is InChI=1S/C16H23FN2O3/c1-18-7-9-19(10-8-18)15-6-5-13(12-14(15)17)22-11-3-4-16(20)21-2/h5-6,12H,3-4,7-11H2,1-2H3. The van der Waals surface area contributed by atoms with Gasteiger partial charge in [0.05, 0.1) is 19.4 Å². The number of ether oxygens (including phenoxy) is 2. The van der Waals surface area contributed by atoms with E-state index >= 15 is 0 Å². The van der Waals surface area contributed by atoms with Crippen molar-refractivity contribution in [3.05, 3.63) is 24.0 Å². The average Bonchev–Trinajstić information content (AvgIpc) is 2.52. The van der Waals surface area contributed by atoms with Gasteiger partial charge in [-0.3, -0.25) is 4.79 Å². The maximum absolute atomic E-state index is 14.2. The van der Waals surface area contributed by atoms with Crippen LogP contribution in [-0.4, -0.2) is 57.8 Å². The molecule has 1 saturated heterocycles. The molecule has 0 atom stereocenters. The third-order valence-electron chi connectivity index (χ3n) is 3.78. The zero-order valence-corrected chi connectivity index (χ0v) is 13.2. The molecule has 0 bridgehead atoms. The van der Waals surface area contributed by atoms with Crippen LogP contribution in [0.5, 0.6) is 5.75 Å². The summed E-state index contributed by atoms with van der Waals surface area (Å²) in [7, 11) is 3.43. The van der Waals surface area contributed by atoms with Gasteiger partial charge in [-0.15, -0.1) is 0 Å². The van der Waals surface area contributed by atoms with E-state index in [1.54, 1.807) is 12.1 Å². The third kappa shape index (κ3) is 4.59. The quantitative estimate of drug-likeness (QED) is 0.593. The molecule has 1 heterocycles. The number of hydrogen-bond acceptors (Lipinski definition) is 5. The largest absolute Gasteiger partial charge is 0.493 e. The topological polar surface area (TPSA) is 42.0 Å². The summed E-state index contributed by atoms with van der Waals surface area (Å²) in [4.78, 5) is 15.3. The van der Waals surface area contributed by atoms with Crippen molar-refractivity contribution < 1.29 is 18.7 Å². The highest BCUT2D eigenvalue weighted by molar-refractivity contribution is 5.69. The molecule has 0 amide bonds. The van der Waals surface area contributed by atoms with Gasteiger partial charge in [-0.1, -0.05) is 0 Å². The Balaban J connectivity index is 1.85. The lowest BCUT2D eigenvalue weighted by molar-refractivity contribution is -0.140. The van der Waals surface area contributed by atoms with Crippen molar-refractivity contribution in [2.24, 2.45) is 0 Å². The van der Waals surface area contributed by atoms with Gasteiger partial charge >= 0.3 is 5.97 Å². The number of anilines is 1. The number of likely N-dealkylation sites (N-methyl/N-ethyl adjacent to an activating group) is 1. The van der Waals surface area contributed by atoms with Crippen LogP contribution in [0.25, 0.3) is 0 Å². The molecule has 1 aliphatic rings. The summed E-state index contributed by atoms with van der Waals surface area (Å²) < 4.78 is 24.2.